The maximum atomic E-state index is 2.34. The molecule has 0 saturated heterocycles. The Morgan fingerprint density at radius 1 is 0.923 bits per heavy atom. The first-order valence-corrected chi connectivity index (χ1v) is 5.20. The molecule has 0 radical (unpaired) electrons. The Bertz CT molecular complexity index is 308. The third-order valence-electron chi connectivity index (χ3n) is 3.10. The quantitative estimate of drug-likeness (QED) is 0.644. The van der Waals surface area contributed by atoms with Crippen LogP contribution in [-0.4, -0.2) is 0 Å². The van der Waals surface area contributed by atoms with E-state index < -0.39 is 0 Å². The minimum absolute atomic E-state index is 1.15. The number of hydrogen-bond donors (Lipinski definition) is 0. The number of benzene rings is 1. The summed E-state index contributed by atoms with van der Waals surface area (Å²) in [4.78, 5) is 0. The SMILES string of the molecule is CCc1cc(C)c(C)c(CC)c1C. The lowest BCUT2D eigenvalue weighted by Crippen LogP contribution is -1.99. The molecule has 0 heteroatoms. The molecule has 0 aliphatic heterocycles. The van der Waals surface area contributed by atoms with Gasteiger partial charge in [-0.3, -0.25) is 0 Å². The van der Waals surface area contributed by atoms with Gasteiger partial charge in [-0.25, -0.2) is 0 Å². The Labute approximate surface area is 82.0 Å². The van der Waals surface area contributed by atoms with E-state index in [1.807, 2.05) is 0 Å². The third kappa shape index (κ3) is 1.77. The van der Waals surface area contributed by atoms with E-state index in [1.165, 1.54) is 22.3 Å². The fourth-order valence-electron chi connectivity index (χ4n) is 2.09. The summed E-state index contributed by atoms with van der Waals surface area (Å²) in [5.41, 5.74) is 7.50. The molecule has 72 valence electrons. The van der Waals surface area contributed by atoms with Crippen molar-refractivity contribution in [2.24, 2.45) is 0 Å². The van der Waals surface area contributed by atoms with Gasteiger partial charge in [-0.05, 0) is 61.4 Å². The van der Waals surface area contributed by atoms with E-state index >= 15 is 0 Å². The van der Waals surface area contributed by atoms with Gasteiger partial charge in [-0.2, -0.15) is 0 Å². The first-order valence-electron chi connectivity index (χ1n) is 5.20. The van der Waals surface area contributed by atoms with E-state index in [2.05, 4.69) is 40.7 Å². The normalized spacial score (nSPS) is 10.5. The lowest BCUT2D eigenvalue weighted by Gasteiger charge is -2.14. The van der Waals surface area contributed by atoms with Crippen molar-refractivity contribution in [1.29, 1.82) is 0 Å². The molecule has 1 aromatic rings. The minimum Gasteiger partial charge on any atom is -0.0613 e. The molecule has 0 aliphatic carbocycles. The number of hydrogen-bond acceptors (Lipinski definition) is 0. The topological polar surface area (TPSA) is 0 Å². The van der Waals surface area contributed by atoms with Crippen LogP contribution in [0.2, 0.25) is 0 Å². The van der Waals surface area contributed by atoms with Gasteiger partial charge in [-0.1, -0.05) is 19.9 Å². The van der Waals surface area contributed by atoms with Gasteiger partial charge in [0.25, 0.3) is 0 Å². The zero-order valence-corrected chi connectivity index (χ0v) is 9.49. The lowest BCUT2D eigenvalue weighted by atomic mass is 9.91. The highest BCUT2D eigenvalue weighted by atomic mass is 14.1. The molecule has 1 rings (SSSR count). The molecule has 0 fully saturated rings. The smallest absolute Gasteiger partial charge is 0.0302 e. The van der Waals surface area contributed by atoms with Crippen molar-refractivity contribution in [1.82, 2.24) is 0 Å². The van der Waals surface area contributed by atoms with Crippen LogP contribution in [0.4, 0.5) is 0 Å². The highest BCUT2D eigenvalue weighted by Gasteiger charge is 2.07. The molecule has 0 saturated carbocycles. The van der Waals surface area contributed by atoms with Crippen molar-refractivity contribution in [3.63, 3.8) is 0 Å². The molecule has 0 aromatic heterocycles. The largest absolute Gasteiger partial charge is 0.0613 e. The molecule has 0 unspecified atom stereocenters. The van der Waals surface area contributed by atoms with Crippen LogP contribution in [0.5, 0.6) is 0 Å². The highest BCUT2D eigenvalue weighted by Crippen LogP contribution is 2.22. The van der Waals surface area contributed by atoms with Crippen molar-refractivity contribution in [2.75, 3.05) is 0 Å². The van der Waals surface area contributed by atoms with Crippen LogP contribution in [0.1, 0.15) is 41.7 Å². The summed E-state index contributed by atoms with van der Waals surface area (Å²) < 4.78 is 0. The molecule has 0 spiro atoms. The van der Waals surface area contributed by atoms with Gasteiger partial charge >= 0.3 is 0 Å². The fraction of sp³-hybridized carbons (Fsp3) is 0.538. The first kappa shape index (κ1) is 10.3. The second kappa shape index (κ2) is 3.95. The lowest BCUT2D eigenvalue weighted by molar-refractivity contribution is 1.01. The Hall–Kier alpha value is -0.780. The van der Waals surface area contributed by atoms with Crippen LogP contribution in [0.15, 0.2) is 6.07 Å². The predicted molar refractivity (Wildman–Crippen MR) is 59.4 cm³/mol. The monoisotopic (exact) mass is 176 g/mol. The molecule has 0 heterocycles. The van der Waals surface area contributed by atoms with Crippen LogP contribution >= 0.6 is 0 Å². The Morgan fingerprint density at radius 3 is 2.00 bits per heavy atom. The van der Waals surface area contributed by atoms with Crippen LogP contribution in [0.3, 0.4) is 0 Å². The highest BCUT2D eigenvalue weighted by molar-refractivity contribution is 5.44. The Balaban J connectivity index is 3.39. The molecule has 13 heavy (non-hydrogen) atoms. The van der Waals surface area contributed by atoms with E-state index in [4.69, 9.17) is 0 Å². The van der Waals surface area contributed by atoms with Crippen molar-refractivity contribution in [3.05, 3.63) is 33.9 Å². The van der Waals surface area contributed by atoms with Crippen LogP contribution in [0, 0.1) is 20.8 Å². The Morgan fingerprint density at radius 2 is 1.54 bits per heavy atom. The van der Waals surface area contributed by atoms with Crippen LogP contribution < -0.4 is 0 Å². The molecule has 0 aliphatic rings. The van der Waals surface area contributed by atoms with Crippen molar-refractivity contribution >= 4 is 0 Å². The third-order valence-corrected chi connectivity index (χ3v) is 3.10. The summed E-state index contributed by atoms with van der Waals surface area (Å²) in [5.74, 6) is 0. The van der Waals surface area contributed by atoms with Gasteiger partial charge in [0.1, 0.15) is 0 Å². The molecule has 0 atom stereocenters. The number of aryl methyl sites for hydroxylation is 2. The molecule has 0 N–H and O–H groups in total. The zero-order valence-electron chi connectivity index (χ0n) is 9.49. The second-order valence-electron chi connectivity index (χ2n) is 3.79. The van der Waals surface area contributed by atoms with E-state index in [1.54, 1.807) is 5.56 Å². The molecular formula is C13H20. The molecular weight excluding hydrogens is 156 g/mol. The summed E-state index contributed by atoms with van der Waals surface area (Å²) in [7, 11) is 0. The summed E-state index contributed by atoms with van der Waals surface area (Å²) in [6.07, 6.45) is 2.31. The summed E-state index contributed by atoms with van der Waals surface area (Å²) >= 11 is 0. The summed E-state index contributed by atoms with van der Waals surface area (Å²) in [5, 5.41) is 0. The van der Waals surface area contributed by atoms with Gasteiger partial charge in [-0.15, -0.1) is 0 Å². The molecule has 0 amide bonds. The second-order valence-corrected chi connectivity index (χ2v) is 3.79. The van der Waals surface area contributed by atoms with Gasteiger partial charge in [0.2, 0.25) is 0 Å². The van der Waals surface area contributed by atoms with Gasteiger partial charge in [0.15, 0.2) is 0 Å². The standard InChI is InChI=1S/C13H20/c1-6-12-8-9(3)10(4)13(7-2)11(12)5/h8H,6-7H2,1-5H3. The van der Waals surface area contributed by atoms with Gasteiger partial charge in [0, 0.05) is 0 Å². The number of rotatable bonds is 2. The minimum atomic E-state index is 1.15. The van der Waals surface area contributed by atoms with Crippen molar-refractivity contribution in [2.45, 2.75) is 47.5 Å². The molecule has 1 aromatic carbocycles. The van der Waals surface area contributed by atoms with E-state index in [9.17, 15) is 0 Å². The average Bonchev–Trinajstić information content (AvgIpc) is 2.12. The van der Waals surface area contributed by atoms with Crippen LogP contribution in [0.25, 0.3) is 0 Å². The average molecular weight is 176 g/mol. The summed E-state index contributed by atoms with van der Waals surface area (Å²) in [6, 6.07) is 2.34. The Kier molecular flexibility index (Phi) is 3.13. The maximum Gasteiger partial charge on any atom is -0.0302 e. The zero-order chi connectivity index (χ0) is 10.0. The maximum absolute atomic E-state index is 2.34. The molecule has 0 bridgehead atoms. The predicted octanol–water partition coefficient (Wildman–Crippen LogP) is 3.74. The fourth-order valence-corrected chi connectivity index (χ4v) is 2.09. The van der Waals surface area contributed by atoms with Gasteiger partial charge < -0.3 is 0 Å². The van der Waals surface area contributed by atoms with E-state index in [0.717, 1.165) is 12.8 Å². The van der Waals surface area contributed by atoms with E-state index in [-0.39, 0.29) is 0 Å². The molecule has 0 nitrogen and oxygen atoms in total. The van der Waals surface area contributed by atoms with Crippen molar-refractivity contribution in [3.8, 4) is 0 Å². The van der Waals surface area contributed by atoms with E-state index in [0.29, 0.717) is 0 Å². The summed E-state index contributed by atoms with van der Waals surface area (Å²) in [6.45, 7) is 11.2. The van der Waals surface area contributed by atoms with Gasteiger partial charge in [0.05, 0.1) is 0 Å². The van der Waals surface area contributed by atoms with Crippen molar-refractivity contribution < 1.29 is 0 Å². The van der Waals surface area contributed by atoms with Crippen LogP contribution in [-0.2, 0) is 12.8 Å². The first-order chi connectivity index (χ1) is 6.11.